The molecule has 7 nitrogen and oxygen atoms in total. The van der Waals surface area contributed by atoms with Gasteiger partial charge in [-0.15, -0.1) is 0 Å². The first kappa shape index (κ1) is 25.9. The van der Waals surface area contributed by atoms with Gasteiger partial charge in [0, 0.05) is 6.07 Å². The molecule has 0 aliphatic heterocycles. The Kier molecular flexibility index (Phi) is 7.88. The first-order valence-corrected chi connectivity index (χ1v) is 11.4. The SMILES string of the molecule is Nc1c(C(=O)NCC(F)(F)F)noc1-c1cc(Cl)c(OCc2ccccc2)cc1OCc1ccccc1. The van der Waals surface area contributed by atoms with Crippen molar-refractivity contribution in [3.05, 3.63) is 94.6 Å². The molecule has 3 N–H and O–H groups in total. The number of benzene rings is 3. The second-order valence-corrected chi connectivity index (χ2v) is 8.31. The number of nitrogen functional groups attached to an aromatic ring is 1. The van der Waals surface area contributed by atoms with Crippen molar-refractivity contribution in [3.8, 4) is 22.8 Å². The average molecular weight is 532 g/mol. The van der Waals surface area contributed by atoms with Crippen LogP contribution in [-0.2, 0) is 13.2 Å². The van der Waals surface area contributed by atoms with Crippen molar-refractivity contribution < 1.29 is 32.0 Å². The summed E-state index contributed by atoms with van der Waals surface area (Å²) in [5, 5.41) is 5.48. The van der Waals surface area contributed by atoms with E-state index in [-0.39, 0.29) is 41.0 Å². The zero-order chi connectivity index (χ0) is 26.4. The number of carbonyl (C=O) groups excluding carboxylic acids is 1. The minimum absolute atomic E-state index is 0.0864. The van der Waals surface area contributed by atoms with Gasteiger partial charge in [-0.1, -0.05) is 77.4 Å². The molecule has 0 unspecified atom stereocenters. The first-order valence-electron chi connectivity index (χ1n) is 11.0. The van der Waals surface area contributed by atoms with Crippen LogP contribution in [0.4, 0.5) is 18.9 Å². The van der Waals surface area contributed by atoms with Gasteiger partial charge in [-0.3, -0.25) is 4.79 Å². The monoisotopic (exact) mass is 531 g/mol. The van der Waals surface area contributed by atoms with Crippen LogP contribution in [0.3, 0.4) is 0 Å². The van der Waals surface area contributed by atoms with E-state index in [9.17, 15) is 18.0 Å². The maximum absolute atomic E-state index is 12.5. The lowest BCUT2D eigenvalue weighted by atomic mass is 10.1. The molecular weight excluding hydrogens is 511 g/mol. The number of nitrogens with zero attached hydrogens (tertiary/aromatic N) is 1. The van der Waals surface area contributed by atoms with Gasteiger partial charge < -0.3 is 25.0 Å². The van der Waals surface area contributed by atoms with Crippen molar-refractivity contribution in [1.29, 1.82) is 0 Å². The van der Waals surface area contributed by atoms with Crippen LogP contribution in [0.15, 0.2) is 77.3 Å². The minimum atomic E-state index is -4.60. The third-order valence-corrected chi connectivity index (χ3v) is 5.44. The van der Waals surface area contributed by atoms with Crippen LogP contribution in [0.2, 0.25) is 5.02 Å². The number of hydrogen-bond donors (Lipinski definition) is 2. The van der Waals surface area contributed by atoms with Crippen LogP contribution in [0.5, 0.6) is 11.5 Å². The Morgan fingerprint density at radius 2 is 1.51 bits per heavy atom. The fourth-order valence-corrected chi connectivity index (χ4v) is 3.55. The summed E-state index contributed by atoms with van der Waals surface area (Å²) in [4.78, 5) is 12.2. The van der Waals surface area contributed by atoms with E-state index in [0.717, 1.165) is 11.1 Å². The van der Waals surface area contributed by atoms with E-state index >= 15 is 0 Å². The molecule has 1 aromatic heterocycles. The van der Waals surface area contributed by atoms with Crippen molar-refractivity contribution in [2.24, 2.45) is 0 Å². The van der Waals surface area contributed by atoms with Crippen LogP contribution in [0.25, 0.3) is 11.3 Å². The molecular formula is C26H21ClF3N3O4. The zero-order valence-corrected chi connectivity index (χ0v) is 20.0. The molecule has 0 fully saturated rings. The third kappa shape index (κ3) is 6.73. The second-order valence-electron chi connectivity index (χ2n) is 7.90. The predicted molar refractivity (Wildman–Crippen MR) is 131 cm³/mol. The highest BCUT2D eigenvalue weighted by atomic mass is 35.5. The van der Waals surface area contributed by atoms with Crippen LogP contribution in [0.1, 0.15) is 21.6 Å². The van der Waals surface area contributed by atoms with E-state index in [2.05, 4.69) is 5.16 Å². The topological polar surface area (TPSA) is 99.6 Å². The smallest absolute Gasteiger partial charge is 0.405 e. The number of amides is 1. The molecule has 0 radical (unpaired) electrons. The summed E-state index contributed by atoms with van der Waals surface area (Å²) in [6.45, 7) is -1.13. The van der Waals surface area contributed by atoms with Crippen LogP contribution in [0, 0.1) is 0 Å². The van der Waals surface area contributed by atoms with Crippen molar-refractivity contribution in [2.75, 3.05) is 12.3 Å². The summed E-state index contributed by atoms with van der Waals surface area (Å²) in [5.41, 5.74) is 7.32. The summed E-state index contributed by atoms with van der Waals surface area (Å²) in [6, 6.07) is 21.8. The Labute approximate surface area is 214 Å². The van der Waals surface area contributed by atoms with E-state index in [0.29, 0.717) is 5.75 Å². The number of nitrogens with one attached hydrogen (secondary N) is 1. The summed E-state index contributed by atoms with van der Waals surface area (Å²) in [6.07, 6.45) is -4.60. The Hall–Kier alpha value is -4.18. The van der Waals surface area contributed by atoms with Gasteiger partial charge in [0.1, 0.15) is 36.9 Å². The second kappa shape index (κ2) is 11.3. The minimum Gasteiger partial charge on any atom is -0.488 e. The van der Waals surface area contributed by atoms with Gasteiger partial charge in [-0.25, -0.2) is 0 Å². The molecule has 0 saturated carbocycles. The predicted octanol–water partition coefficient (Wildman–Crippen LogP) is 6.03. The highest BCUT2D eigenvalue weighted by Gasteiger charge is 2.30. The van der Waals surface area contributed by atoms with Crippen molar-refractivity contribution in [1.82, 2.24) is 10.5 Å². The number of halogens is 4. The maximum Gasteiger partial charge on any atom is 0.405 e. The molecule has 11 heteroatoms. The quantitative estimate of drug-likeness (QED) is 0.274. The molecule has 37 heavy (non-hydrogen) atoms. The molecule has 4 aromatic rings. The Morgan fingerprint density at radius 3 is 2.08 bits per heavy atom. The maximum atomic E-state index is 12.5. The summed E-state index contributed by atoms with van der Waals surface area (Å²) >= 11 is 6.47. The lowest BCUT2D eigenvalue weighted by Crippen LogP contribution is -2.34. The molecule has 0 saturated heterocycles. The standard InChI is InChI=1S/C26H21ClF3N3O4/c27-19-11-18(24-22(31)23(33-37-24)25(34)32-15-26(28,29)30)20(35-13-16-7-3-1-4-8-16)12-21(19)36-14-17-9-5-2-6-10-17/h1-12H,13-15,31H2,(H,32,34). The number of anilines is 1. The van der Waals surface area contributed by atoms with Gasteiger partial charge in [-0.2, -0.15) is 13.2 Å². The molecule has 3 aromatic carbocycles. The number of carbonyl (C=O) groups is 1. The lowest BCUT2D eigenvalue weighted by molar-refractivity contribution is -0.123. The highest BCUT2D eigenvalue weighted by Crippen LogP contribution is 2.42. The molecule has 0 aliphatic rings. The molecule has 0 atom stereocenters. The van der Waals surface area contributed by atoms with E-state index in [1.54, 1.807) is 11.4 Å². The fraction of sp³-hybridized carbons (Fsp3) is 0.154. The third-order valence-electron chi connectivity index (χ3n) is 5.15. The highest BCUT2D eigenvalue weighted by molar-refractivity contribution is 6.32. The first-order chi connectivity index (χ1) is 17.7. The number of rotatable bonds is 9. The van der Waals surface area contributed by atoms with E-state index in [1.165, 1.54) is 6.07 Å². The molecule has 1 heterocycles. The van der Waals surface area contributed by atoms with Crippen molar-refractivity contribution in [2.45, 2.75) is 19.4 Å². The number of nitrogens with two attached hydrogens (primary N) is 1. The number of ether oxygens (including phenoxy) is 2. The summed E-state index contributed by atoms with van der Waals surface area (Å²) in [7, 11) is 0. The van der Waals surface area contributed by atoms with Crippen LogP contribution < -0.4 is 20.5 Å². The fourth-order valence-electron chi connectivity index (χ4n) is 3.33. The molecule has 0 aliphatic carbocycles. The molecule has 4 rings (SSSR count). The van der Waals surface area contributed by atoms with Gasteiger partial charge >= 0.3 is 6.18 Å². The summed E-state index contributed by atoms with van der Waals surface area (Å²) in [5.74, 6) is -0.651. The lowest BCUT2D eigenvalue weighted by Gasteiger charge is -2.15. The normalized spacial score (nSPS) is 11.2. The zero-order valence-electron chi connectivity index (χ0n) is 19.2. The average Bonchev–Trinajstić information content (AvgIpc) is 3.27. The van der Waals surface area contributed by atoms with Crippen LogP contribution >= 0.6 is 11.6 Å². The number of hydrogen-bond acceptors (Lipinski definition) is 6. The largest absolute Gasteiger partial charge is 0.488 e. The summed E-state index contributed by atoms with van der Waals surface area (Å²) < 4.78 is 54.7. The van der Waals surface area contributed by atoms with Gasteiger partial charge in [0.05, 0.1) is 10.6 Å². The molecule has 0 spiro atoms. The van der Waals surface area contributed by atoms with E-state index < -0.39 is 24.3 Å². The van der Waals surface area contributed by atoms with Crippen molar-refractivity contribution >= 4 is 23.2 Å². The van der Waals surface area contributed by atoms with Gasteiger partial charge in [-0.05, 0) is 17.2 Å². The van der Waals surface area contributed by atoms with Crippen LogP contribution in [-0.4, -0.2) is 23.8 Å². The molecule has 1 amide bonds. The van der Waals surface area contributed by atoms with Gasteiger partial charge in [0.15, 0.2) is 11.5 Å². The van der Waals surface area contributed by atoms with Gasteiger partial charge in [0.25, 0.3) is 5.91 Å². The van der Waals surface area contributed by atoms with E-state index in [4.69, 9.17) is 31.3 Å². The molecule has 192 valence electrons. The van der Waals surface area contributed by atoms with Crippen molar-refractivity contribution in [3.63, 3.8) is 0 Å². The Morgan fingerprint density at radius 1 is 0.946 bits per heavy atom. The number of aromatic nitrogens is 1. The van der Waals surface area contributed by atoms with Gasteiger partial charge in [0.2, 0.25) is 0 Å². The Balaban J connectivity index is 1.65. The number of alkyl halides is 3. The Bertz CT molecular complexity index is 1360. The molecule has 0 bridgehead atoms. The van der Waals surface area contributed by atoms with E-state index in [1.807, 2.05) is 60.7 Å².